The standard InChI is InChI=1S/C20H28N2O3/c1-13(2)19-12-17(15(4)25-19)20(23)21-18-8-7-16(11-14(18)3)24-10-9-22(5)6/h7-8,11-13H,9-10H2,1-6H3,(H,21,23). The number of nitrogens with one attached hydrogen (secondary N) is 1. The summed E-state index contributed by atoms with van der Waals surface area (Å²) >= 11 is 0. The Hall–Kier alpha value is -2.27. The van der Waals surface area contributed by atoms with Gasteiger partial charge in [-0.25, -0.2) is 0 Å². The first-order chi connectivity index (χ1) is 11.8. The number of rotatable bonds is 7. The van der Waals surface area contributed by atoms with Crippen molar-refractivity contribution in [2.45, 2.75) is 33.6 Å². The van der Waals surface area contributed by atoms with E-state index in [4.69, 9.17) is 9.15 Å². The molecule has 0 aliphatic heterocycles. The predicted molar refractivity (Wildman–Crippen MR) is 101 cm³/mol. The lowest BCUT2D eigenvalue weighted by Gasteiger charge is -2.13. The van der Waals surface area contributed by atoms with Gasteiger partial charge in [-0.2, -0.15) is 0 Å². The van der Waals surface area contributed by atoms with E-state index in [1.54, 1.807) is 0 Å². The quantitative estimate of drug-likeness (QED) is 0.817. The fourth-order valence-electron chi connectivity index (χ4n) is 2.42. The Labute approximate surface area is 150 Å². The number of nitrogens with zero attached hydrogens (tertiary/aromatic N) is 1. The molecule has 0 spiro atoms. The van der Waals surface area contributed by atoms with Crippen molar-refractivity contribution in [3.05, 3.63) is 46.9 Å². The van der Waals surface area contributed by atoms with Crippen LogP contribution in [0.3, 0.4) is 0 Å². The fraction of sp³-hybridized carbons (Fsp3) is 0.450. The molecule has 1 amide bonds. The highest BCUT2D eigenvalue weighted by molar-refractivity contribution is 6.05. The lowest BCUT2D eigenvalue weighted by atomic mass is 10.1. The highest BCUT2D eigenvalue weighted by Crippen LogP contribution is 2.25. The van der Waals surface area contributed by atoms with Crippen LogP contribution in [0.25, 0.3) is 0 Å². The lowest BCUT2D eigenvalue weighted by Crippen LogP contribution is -2.19. The number of carbonyl (C=O) groups excluding carboxylic acids is 1. The molecule has 0 aliphatic rings. The summed E-state index contributed by atoms with van der Waals surface area (Å²) in [6.45, 7) is 9.34. The Kier molecular flexibility index (Phi) is 6.26. The van der Waals surface area contributed by atoms with Gasteiger partial charge in [0.15, 0.2) is 0 Å². The SMILES string of the molecule is Cc1cc(OCCN(C)C)ccc1NC(=O)c1cc(C(C)C)oc1C. The first-order valence-corrected chi connectivity index (χ1v) is 8.57. The molecule has 1 aromatic heterocycles. The monoisotopic (exact) mass is 344 g/mol. The van der Waals surface area contributed by atoms with E-state index < -0.39 is 0 Å². The van der Waals surface area contributed by atoms with Gasteiger partial charge < -0.3 is 19.4 Å². The summed E-state index contributed by atoms with van der Waals surface area (Å²) in [4.78, 5) is 14.6. The summed E-state index contributed by atoms with van der Waals surface area (Å²) in [5.74, 6) is 2.36. The number of likely N-dealkylation sites (N-methyl/N-ethyl adjacent to an activating group) is 1. The van der Waals surface area contributed by atoms with Crippen molar-refractivity contribution in [3.63, 3.8) is 0 Å². The van der Waals surface area contributed by atoms with Crippen LogP contribution in [0.2, 0.25) is 0 Å². The van der Waals surface area contributed by atoms with Gasteiger partial charge in [-0.15, -0.1) is 0 Å². The van der Waals surface area contributed by atoms with Gasteiger partial charge in [-0.1, -0.05) is 13.8 Å². The summed E-state index contributed by atoms with van der Waals surface area (Å²) in [5.41, 5.74) is 2.31. The molecule has 136 valence electrons. The number of amides is 1. The molecule has 0 aliphatic carbocycles. The smallest absolute Gasteiger partial charge is 0.259 e. The van der Waals surface area contributed by atoms with Crippen molar-refractivity contribution < 1.29 is 13.9 Å². The van der Waals surface area contributed by atoms with Crippen molar-refractivity contribution in [3.8, 4) is 5.75 Å². The Morgan fingerprint density at radius 3 is 2.52 bits per heavy atom. The Morgan fingerprint density at radius 2 is 1.96 bits per heavy atom. The molecule has 0 bridgehead atoms. The largest absolute Gasteiger partial charge is 0.492 e. The van der Waals surface area contributed by atoms with Crippen LogP contribution >= 0.6 is 0 Å². The van der Waals surface area contributed by atoms with Crippen LogP contribution in [0.1, 0.15) is 47.2 Å². The van der Waals surface area contributed by atoms with Crippen molar-refractivity contribution in [1.29, 1.82) is 0 Å². The molecule has 0 saturated heterocycles. The zero-order chi connectivity index (χ0) is 18.6. The van der Waals surface area contributed by atoms with Crippen molar-refractivity contribution >= 4 is 11.6 Å². The number of ether oxygens (including phenoxy) is 1. The van der Waals surface area contributed by atoms with Gasteiger partial charge in [0.25, 0.3) is 5.91 Å². The number of anilines is 1. The summed E-state index contributed by atoms with van der Waals surface area (Å²) in [7, 11) is 4.02. The first-order valence-electron chi connectivity index (χ1n) is 8.57. The number of carbonyl (C=O) groups is 1. The number of hydrogen-bond acceptors (Lipinski definition) is 4. The number of aryl methyl sites for hydroxylation is 2. The summed E-state index contributed by atoms with van der Waals surface area (Å²) in [6.07, 6.45) is 0. The van der Waals surface area contributed by atoms with Crippen molar-refractivity contribution in [1.82, 2.24) is 4.90 Å². The van der Waals surface area contributed by atoms with E-state index in [0.717, 1.165) is 29.3 Å². The third-order valence-corrected chi connectivity index (χ3v) is 4.00. The molecule has 0 atom stereocenters. The maximum Gasteiger partial charge on any atom is 0.259 e. The molecular weight excluding hydrogens is 316 g/mol. The molecular formula is C20H28N2O3. The van der Waals surface area contributed by atoms with Crippen LogP contribution in [-0.4, -0.2) is 38.1 Å². The van der Waals surface area contributed by atoms with E-state index in [1.165, 1.54) is 0 Å². The third-order valence-electron chi connectivity index (χ3n) is 4.00. The van der Waals surface area contributed by atoms with Gasteiger partial charge in [0, 0.05) is 18.2 Å². The highest BCUT2D eigenvalue weighted by Gasteiger charge is 2.17. The normalized spacial score (nSPS) is 11.2. The second-order valence-electron chi connectivity index (χ2n) is 6.86. The second kappa shape index (κ2) is 8.21. The summed E-state index contributed by atoms with van der Waals surface area (Å²) < 4.78 is 11.4. The molecule has 0 unspecified atom stereocenters. The number of furan rings is 1. The molecule has 2 aromatic rings. The zero-order valence-corrected chi connectivity index (χ0v) is 16.0. The predicted octanol–water partition coefficient (Wildman–Crippen LogP) is 4.21. The van der Waals surface area contributed by atoms with Crippen LogP contribution in [0.15, 0.2) is 28.7 Å². The molecule has 0 fully saturated rings. The van der Waals surface area contributed by atoms with E-state index in [9.17, 15) is 4.79 Å². The van der Waals surface area contributed by atoms with Gasteiger partial charge >= 0.3 is 0 Å². The van der Waals surface area contributed by atoms with Crippen molar-refractivity contribution in [2.75, 3.05) is 32.6 Å². The lowest BCUT2D eigenvalue weighted by molar-refractivity contribution is 0.102. The zero-order valence-electron chi connectivity index (χ0n) is 16.0. The van der Waals surface area contributed by atoms with E-state index >= 15 is 0 Å². The van der Waals surface area contributed by atoms with E-state index in [1.807, 2.05) is 66.1 Å². The maximum absolute atomic E-state index is 12.5. The van der Waals surface area contributed by atoms with Gasteiger partial charge in [0.1, 0.15) is 23.9 Å². The minimum Gasteiger partial charge on any atom is -0.492 e. The van der Waals surface area contributed by atoms with Crippen LogP contribution in [0.5, 0.6) is 5.75 Å². The molecule has 25 heavy (non-hydrogen) atoms. The Morgan fingerprint density at radius 1 is 1.24 bits per heavy atom. The molecule has 0 saturated carbocycles. The molecule has 1 aromatic carbocycles. The van der Waals surface area contributed by atoms with E-state index in [0.29, 0.717) is 17.9 Å². The third kappa shape index (κ3) is 5.10. The first kappa shape index (κ1) is 19.1. The Balaban J connectivity index is 2.06. The van der Waals surface area contributed by atoms with Crippen LogP contribution < -0.4 is 10.1 Å². The average molecular weight is 344 g/mol. The van der Waals surface area contributed by atoms with Gasteiger partial charge in [-0.05, 0) is 57.8 Å². The van der Waals surface area contributed by atoms with Crippen LogP contribution in [0, 0.1) is 13.8 Å². The molecule has 2 rings (SSSR count). The average Bonchev–Trinajstić information content (AvgIpc) is 2.92. The van der Waals surface area contributed by atoms with Gasteiger partial charge in [-0.3, -0.25) is 4.79 Å². The minimum atomic E-state index is -0.155. The number of hydrogen-bond donors (Lipinski definition) is 1. The summed E-state index contributed by atoms with van der Waals surface area (Å²) in [6, 6.07) is 7.51. The number of benzene rings is 1. The van der Waals surface area contributed by atoms with E-state index in [-0.39, 0.29) is 11.8 Å². The minimum absolute atomic E-state index is 0.155. The molecule has 0 radical (unpaired) electrons. The van der Waals surface area contributed by atoms with Gasteiger partial charge in [0.05, 0.1) is 5.56 Å². The molecule has 5 heteroatoms. The topological polar surface area (TPSA) is 54.7 Å². The highest BCUT2D eigenvalue weighted by atomic mass is 16.5. The second-order valence-corrected chi connectivity index (χ2v) is 6.86. The molecule has 1 heterocycles. The van der Waals surface area contributed by atoms with Crippen LogP contribution in [-0.2, 0) is 0 Å². The van der Waals surface area contributed by atoms with Crippen LogP contribution in [0.4, 0.5) is 5.69 Å². The summed E-state index contributed by atoms with van der Waals surface area (Å²) in [5, 5.41) is 2.96. The van der Waals surface area contributed by atoms with Gasteiger partial charge in [0.2, 0.25) is 0 Å². The fourth-order valence-corrected chi connectivity index (χ4v) is 2.42. The molecule has 1 N–H and O–H groups in total. The maximum atomic E-state index is 12.5. The van der Waals surface area contributed by atoms with Crippen molar-refractivity contribution in [2.24, 2.45) is 0 Å². The Bertz CT molecular complexity index is 733. The van der Waals surface area contributed by atoms with E-state index in [2.05, 4.69) is 10.2 Å². The molecule has 5 nitrogen and oxygen atoms in total.